The number of hydrogen-bond acceptors (Lipinski definition) is 3. The largest absolute Gasteiger partial charge is 0.381 e. The first kappa shape index (κ1) is 20.0. The third-order valence-corrected chi connectivity index (χ3v) is 6.93. The first-order valence-electron chi connectivity index (χ1n) is 11.5. The van der Waals surface area contributed by atoms with Gasteiger partial charge in [-0.3, -0.25) is 4.79 Å². The highest BCUT2D eigenvalue weighted by Crippen LogP contribution is 2.37. The second-order valence-electron chi connectivity index (χ2n) is 8.89. The van der Waals surface area contributed by atoms with Crippen LogP contribution in [-0.2, 0) is 11.8 Å². The molecule has 0 radical (unpaired) electrons. The van der Waals surface area contributed by atoms with Crippen LogP contribution in [0, 0.1) is 5.92 Å². The number of hydrogen-bond donors (Lipinski definition) is 1. The fourth-order valence-corrected chi connectivity index (χ4v) is 5.25. The summed E-state index contributed by atoms with van der Waals surface area (Å²) < 4.78 is 9.65. The molecular weight excluding hydrogens is 412 g/mol. The second kappa shape index (κ2) is 8.05. The highest BCUT2D eigenvalue weighted by Gasteiger charge is 2.28. The van der Waals surface area contributed by atoms with Crippen molar-refractivity contribution >= 4 is 21.9 Å². The molecule has 5 aromatic rings. The van der Waals surface area contributed by atoms with Crippen molar-refractivity contribution in [2.24, 2.45) is 13.0 Å². The zero-order valence-electron chi connectivity index (χ0n) is 18.6. The molecule has 166 valence electrons. The summed E-state index contributed by atoms with van der Waals surface area (Å²) in [6, 6.07) is 19.1. The van der Waals surface area contributed by atoms with Crippen molar-refractivity contribution in [2.75, 3.05) is 13.2 Å². The Hall–Kier alpha value is -3.64. The van der Waals surface area contributed by atoms with Crippen LogP contribution >= 0.6 is 0 Å². The minimum Gasteiger partial charge on any atom is -0.381 e. The van der Waals surface area contributed by atoms with Gasteiger partial charge < -0.3 is 18.9 Å². The van der Waals surface area contributed by atoms with Crippen molar-refractivity contribution in [1.82, 2.24) is 19.1 Å². The molecule has 1 fully saturated rings. The summed E-state index contributed by atoms with van der Waals surface area (Å²) in [4.78, 5) is 20.5. The van der Waals surface area contributed by atoms with Crippen molar-refractivity contribution in [2.45, 2.75) is 18.9 Å². The lowest BCUT2D eigenvalue weighted by Gasteiger charge is -2.32. The predicted molar refractivity (Wildman–Crippen MR) is 130 cm³/mol. The van der Waals surface area contributed by atoms with E-state index in [-0.39, 0.29) is 11.6 Å². The number of rotatable bonds is 4. The van der Waals surface area contributed by atoms with Crippen LogP contribution in [0.3, 0.4) is 0 Å². The van der Waals surface area contributed by atoms with Gasteiger partial charge in [0.05, 0.1) is 34.3 Å². The lowest BCUT2D eigenvalue weighted by Crippen LogP contribution is -2.26. The first-order valence-corrected chi connectivity index (χ1v) is 11.5. The van der Waals surface area contributed by atoms with Gasteiger partial charge in [-0.05, 0) is 48.1 Å². The maximum absolute atomic E-state index is 12.5. The highest BCUT2D eigenvalue weighted by molar-refractivity contribution is 5.95. The Morgan fingerprint density at radius 3 is 2.73 bits per heavy atom. The van der Waals surface area contributed by atoms with E-state index >= 15 is 0 Å². The lowest BCUT2D eigenvalue weighted by molar-refractivity contribution is 0.0547. The number of imidazole rings is 1. The maximum Gasteiger partial charge on any atom is 0.259 e. The minimum atomic E-state index is 0.00442. The van der Waals surface area contributed by atoms with Crippen LogP contribution < -0.4 is 5.56 Å². The Bertz CT molecular complexity index is 1490. The summed E-state index contributed by atoms with van der Waals surface area (Å²) >= 11 is 0. The molecule has 1 aliphatic rings. The standard InChI is InChI=1S/C27H26N4O2/c1-30-16-22(25-21(27(30)32)9-12-28-25)20-7-8-23-24(15-20)31(17-29-23)26(18-5-3-2-4-6-18)19-10-13-33-14-11-19/h2-9,12,15-17,19,26,28H,10-11,13-14H2,1H3/t26-/m0/s1. The van der Waals surface area contributed by atoms with E-state index < -0.39 is 0 Å². The first-order chi connectivity index (χ1) is 16.2. The number of nitrogens with zero attached hydrogens (tertiary/aromatic N) is 3. The molecule has 6 rings (SSSR count). The Morgan fingerprint density at radius 1 is 1.09 bits per heavy atom. The molecule has 33 heavy (non-hydrogen) atoms. The number of benzene rings is 2. The summed E-state index contributed by atoms with van der Waals surface area (Å²) in [5.41, 5.74) is 6.31. The smallest absolute Gasteiger partial charge is 0.259 e. The average Bonchev–Trinajstić information content (AvgIpc) is 3.51. The molecule has 1 aliphatic heterocycles. The molecule has 0 unspecified atom stereocenters. The van der Waals surface area contributed by atoms with Crippen molar-refractivity contribution < 1.29 is 4.74 Å². The van der Waals surface area contributed by atoms with Crippen molar-refractivity contribution in [3.8, 4) is 11.1 Å². The molecule has 4 heterocycles. The van der Waals surface area contributed by atoms with E-state index in [0.717, 1.165) is 53.7 Å². The van der Waals surface area contributed by atoms with Crippen molar-refractivity contribution in [3.05, 3.63) is 89.2 Å². The van der Waals surface area contributed by atoms with Gasteiger partial charge in [0, 0.05) is 38.2 Å². The number of nitrogens with one attached hydrogen (secondary N) is 1. The van der Waals surface area contributed by atoms with Gasteiger partial charge in [-0.15, -0.1) is 0 Å². The third-order valence-electron chi connectivity index (χ3n) is 6.93. The Morgan fingerprint density at radius 2 is 1.91 bits per heavy atom. The van der Waals surface area contributed by atoms with E-state index in [9.17, 15) is 4.79 Å². The Labute approximate surface area is 191 Å². The fraction of sp³-hybridized carbons (Fsp3) is 0.259. The number of fused-ring (bicyclic) bond motifs is 2. The van der Waals surface area contributed by atoms with Crippen LogP contribution in [0.25, 0.3) is 33.1 Å². The zero-order valence-corrected chi connectivity index (χ0v) is 18.6. The average molecular weight is 439 g/mol. The third kappa shape index (κ3) is 3.38. The van der Waals surface area contributed by atoms with E-state index in [1.165, 1.54) is 5.56 Å². The van der Waals surface area contributed by atoms with E-state index in [0.29, 0.717) is 11.3 Å². The molecule has 6 heteroatoms. The number of pyridine rings is 1. The van der Waals surface area contributed by atoms with E-state index in [4.69, 9.17) is 9.72 Å². The Balaban J connectivity index is 1.53. The summed E-state index contributed by atoms with van der Waals surface area (Å²) in [7, 11) is 1.80. The van der Waals surface area contributed by atoms with E-state index in [1.54, 1.807) is 11.6 Å². The summed E-state index contributed by atoms with van der Waals surface area (Å²) in [5.74, 6) is 0.481. The molecule has 0 saturated carbocycles. The monoisotopic (exact) mass is 438 g/mol. The van der Waals surface area contributed by atoms with E-state index in [1.807, 2.05) is 24.8 Å². The van der Waals surface area contributed by atoms with Gasteiger partial charge >= 0.3 is 0 Å². The molecule has 2 aromatic carbocycles. The minimum absolute atomic E-state index is 0.00442. The van der Waals surface area contributed by atoms with Crippen molar-refractivity contribution in [1.29, 1.82) is 0 Å². The van der Waals surface area contributed by atoms with Crippen molar-refractivity contribution in [3.63, 3.8) is 0 Å². The highest BCUT2D eigenvalue weighted by atomic mass is 16.5. The summed E-state index contributed by atoms with van der Waals surface area (Å²) in [6.45, 7) is 1.60. The number of aryl methyl sites for hydroxylation is 1. The molecule has 1 saturated heterocycles. The number of ether oxygens (including phenoxy) is 1. The van der Waals surface area contributed by atoms with Gasteiger partial charge in [-0.25, -0.2) is 4.98 Å². The van der Waals surface area contributed by atoms with Crippen LogP contribution in [0.4, 0.5) is 0 Å². The van der Waals surface area contributed by atoms with Crippen LogP contribution in [0.1, 0.15) is 24.4 Å². The predicted octanol–water partition coefficient (Wildman–Crippen LogP) is 4.90. The quantitative estimate of drug-likeness (QED) is 0.434. The SMILES string of the molecule is Cn1cc(-c2ccc3ncn([C@@H](c4ccccc4)C4CCOCC4)c3c2)c2[nH]ccc2c1=O. The fourth-order valence-electron chi connectivity index (χ4n) is 5.25. The molecule has 3 aromatic heterocycles. The van der Waals surface area contributed by atoms with Gasteiger partial charge in [0.15, 0.2) is 0 Å². The Kier molecular flexibility index (Phi) is 4.88. The normalized spacial score (nSPS) is 15.9. The molecule has 6 nitrogen and oxygen atoms in total. The van der Waals surface area contributed by atoms with E-state index in [2.05, 4.69) is 58.1 Å². The van der Waals surface area contributed by atoms with Crippen LogP contribution in [-0.4, -0.2) is 32.3 Å². The number of aromatic amines is 1. The maximum atomic E-state index is 12.5. The number of aromatic nitrogens is 4. The van der Waals surface area contributed by atoms with Gasteiger partial charge in [0.2, 0.25) is 0 Å². The molecular formula is C27H26N4O2. The zero-order chi connectivity index (χ0) is 22.4. The molecule has 1 atom stereocenters. The van der Waals surface area contributed by atoms with Gasteiger partial charge in [0.1, 0.15) is 0 Å². The summed E-state index contributed by atoms with van der Waals surface area (Å²) in [6.07, 6.45) is 7.78. The molecule has 0 amide bonds. The van der Waals surface area contributed by atoms with Crippen LogP contribution in [0.15, 0.2) is 78.1 Å². The van der Waals surface area contributed by atoms with Gasteiger partial charge in [0.25, 0.3) is 5.56 Å². The number of H-pyrrole nitrogens is 1. The molecule has 0 aliphatic carbocycles. The van der Waals surface area contributed by atoms with Gasteiger partial charge in [-0.1, -0.05) is 36.4 Å². The topological polar surface area (TPSA) is 64.8 Å². The molecule has 0 bridgehead atoms. The van der Waals surface area contributed by atoms with Gasteiger partial charge in [-0.2, -0.15) is 0 Å². The summed E-state index contributed by atoms with van der Waals surface area (Å²) in [5, 5.41) is 0.702. The van der Waals surface area contributed by atoms with Crippen LogP contribution in [0.2, 0.25) is 0 Å². The second-order valence-corrected chi connectivity index (χ2v) is 8.89. The van der Waals surface area contributed by atoms with Crippen LogP contribution in [0.5, 0.6) is 0 Å². The lowest BCUT2D eigenvalue weighted by atomic mass is 9.86. The molecule has 0 spiro atoms. The molecule has 1 N–H and O–H groups in total.